The number of aryl methyl sites for hydroxylation is 1. The third-order valence-electron chi connectivity index (χ3n) is 2.24. The van der Waals surface area contributed by atoms with Crippen LogP contribution >= 0.6 is 11.8 Å². The van der Waals surface area contributed by atoms with Crippen LogP contribution in [0.4, 0.5) is 4.79 Å². The Labute approximate surface area is 112 Å². The summed E-state index contributed by atoms with van der Waals surface area (Å²) in [6.45, 7) is 4.94. The van der Waals surface area contributed by atoms with E-state index in [1.54, 1.807) is 30.5 Å². The zero-order valence-corrected chi connectivity index (χ0v) is 12.3. The van der Waals surface area contributed by atoms with E-state index in [9.17, 15) is 4.79 Å². The van der Waals surface area contributed by atoms with E-state index >= 15 is 0 Å². The molecule has 0 atom stereocenters. The molecule has 0 bridgehead atoms. The molecule has 0 saturated carbocycles. The lowest BCUT2D eigenvalue weighted by Gasteiger charge is -2.11. The van der Waals surface area contributed by atoms with Crippen molar-refractivity contribution in [2.24, 2.45) is 0 Å². The fourth-order valence-electron chi connectivity index (χ4n) is 1.36. The molecule has 18 heavy (non-hydrogen) atoms. The van der Waals surface area contributed by atoms with Gasteiger partial charge in [0.1, 0.15) is 0 Å². The van der Waals surface area contributed by atoms with Crippen LogP contribution in [0.3, 0.4) is 0 Å². The highest BCUT2D eigenvalue weighted by molar-refractivity contribution is 7.98. The van der Waals surface area contributed by atoms with E-state index < -0.39 is 0 Å². The standard InChI is InChI=1S/C12H21N3O2S/c1-5-7-15-11(17-12(16)14(3)4)8-10(13-15)9-18-6-2/h8H,5-7,9H2,1-4H3. The average molecular weight is 271 g/mol. The minimum absolute atomic E-state index is 0.373. The van der Waals surface area contributed by atoms with Gasteiger partial charge in [-0.15, -0.1) is 0 Å². The normalized spacial score (nSPS) is 10.4. The fraction of sp³-hybridized carbons (Fsp3) is 0.667. The van der Waals surface area contributed by atoms with Gasteiger partial charge in [-0.1, -0.05) is 13.8 Å². The topological polar surface area (TPSA) is 47.4 Å². The lowest BCUT2D eigenvalue weighted by Crippen LogP contribution is -2.26. The first-order valence-electron chi connectivity index (χ1n) is 6.12. The summed E-state index contributed by atoms with van der Waals surface area (Å²) in [7, 11) is 3.33. The number of ether oxygens (including phenoxy) is 1. The van der Waals surface area contributed by atoms with E-state index in [0.717, 1.165) is 30.2 Å². The molecule has 0 spiro atoms. The third-order valence-corrected chi connectivity index (χ3v) is 3.15. The van der Waals surface area contributed by atoms with Gasteiger partial charge in [-0.05, 0) is 12.2 Å². The third kappa shape index (κ3) is 4.25. The van der Waals surface area contributed by atoms with Gasteiger partial charge in [0.25, 0.3) is 0 Å². The maximum absolute atomic E-state index is 11.5. The molecule has 1 amide bonds. The molecule has 1 rings (SSSR count). The van der Waals surface area contributed by atoms with E-state index in [-0.39, 0.29) is 6.09 Å². The van der Waals surface area contributed by atoms with Gasteiger partial charge in [0, 0.05) is 32.5 Å². The van der Waals surface area contributed by atoms with Crippen molar-refractivity contribution < 1.29 is 9.53 Å². The Bertz CT molecular complexity index is 391. The molecule has 1 aromatic rings. The van der Waals surface area contributed by atoms with Crippen molar-refractivity contribution in [2.45, 2.75) is 32.6 Å². The number of hydrogen-bond donors (Lipinski definition) is 0. The molecule has 0 aliphatic carbocycles. The largest absolute Gasteiger partial charge is 0.416 e. The Morgan fingerprint density at radius 2 is 2.22 bits per heavy atom. The Morgan fingerprint density at radius 3 is 2.78 bits per heavy atom. The first kappa shape index (κ1) is 14.9. The number of thioether (sulfide) groups is 1. The van der Waals surface area contributed by atoms with E-state index in [1.807, 2.05) is 6.07 Å². The second-order valence-electron chi connectivity index (χ2n) is 4.10. The zero-order valence-electron chi connectivity index (χ0n) is 11.5. The summed E-state index contributed by atoms with van der Waals surface area (Å²) in [5, 5.41) is 4.45. The molecule has 0 aromatic carbocycles. The maximum atomic E-state index is 11.5. The lowest BCUT2D eigenvalue weighted by molar-refractivity contribution is 0.167. The number of carbonyl (C=O) groups is 1. The summed E-state index contributed by atoms with van der Waals surface area (Å²) in [5.41, 5.74) is 0.955. The summed E-state index contributed by atoms with van der Waals surface area (Å²) in [4.78, 5) is 13.0. The number of aromatic nitrogens is 2. The van der Waals surface area contributed by atoms with Crippen molar-refractivity contribution in [3.05, 3.63) is 11.8 Å². The first-order chi connectivity index (χ1) is 8.58. The molecule has 0 radical (unpaired) electrons. The van der Waals surface area contributed by atoms with Crippen LogP contribution in [0, 0.1) is 0 Å². The molecule has 102 valence electrons. The van der Waals surface area contributed by atoms with Gasteiger partial charge in [0.15, 0.2) is 0 Å². The monoisotopic (exact) mass is 271 g/mol. The highest BCUT2D eigenvalue weighted by Gasteiger charge is 2.13. The number of rotatable bonds is 6. The minimum Gasteiger partial charge on any atom is -0.391 e. The fourth-order valence-corrected chi connectivity index (χ4v) is 1.92. The molecule has 0 N–H and O–H groups in total. The number of nitrogens with zero attached hydrogens (tertiary/aromatic N) is 3. The van der Waals surface area contributed by atoms with E-state index in [4.69, 9.17) is 4.74 Å². The molecular weight excluding hydrogens is 250 g/mol. The zero-order chi connectivity index (χ0) is 13.5. The highest BCUT2D eigenvalue weighted by Crippen LogP contribution is 2.19. The van der Waals surface area contributed by atoms with Gasteiger partial charge < -0.3 is 9.64 Å². The molecule has 5 nitrogen and oxygen atoms in total. The minimum atomic E-state index is -0.373. The van der Waals surface area contributed by atoms with Crippen molar-refractivity contribution in [1.82, 2.24) is 14.7 Å². The molecule has 0 unspecified atom stereocenters. The van der Waals surface area contributed by atoms with E-state index in [0.29, 0.717) is 5.88 Å². The van der Waals surface area contributed by atoms with Gasteiger partial charge in [0.05, 0.1) is 5.69 Å². The van der Waals surface area contributed by atoms with Crippen LogP contribution in [-0.4, -0.2) is 40.6 Å². The number of amides is 1. The summed E-state index contributed by atoms with van der Waals surface area (Å²) < 4.78 is 7.06. The van der Waals surface area contributed by atoms with E-state index in [1.165, 1.54) is 4.90 Å². The average Bonchev–Trinajstić information content (AvgIpc) is 2.69. The van der Waals surface area contributed by atoms with Crippen molar-refractivity contribution in [3.8, 4) is 5.88 Å². The van der Waals surface area contributed by atoms with Crippen LogP contribution in [0.15, 0.2) is 6.07 Å². The molecule has 0 aliphatic rings. The summed E-state index contributed by atoms with van der Waals surface area (Å²) in [6.07, 6.45) is 0.580. The van der Waals surface area contributed by atoms with Crippen LogP contribution in [0.25, 0.3) is 0 Å². The van der Waals surface area contributed by atoms with Crippen molar-refractivity contribution in [2.75, 3.05) is 19.8 Å². The highest BCUT2D eigenvalue weighted by atomic mass is 32.2. The van der Waals surface area contributed by atoms with Crippen LogP contribution < -0.4 is 4.74 Å². The van der Waals surface area contributed by atoms with Crippen LogP contribution in [0.5, 0.6) is 5.88 Å². The van der Waals surface area contributed by atoms with Gasteiger partial charge >= 0.3 is 6.09 Å². The molecule has 1 aromatic heterocycles. The van der Waals surface area contributed by atoms with Crippen molar-refractivity contribution in [3.63, 3.8) is 0 Å². The molecular formula is C12H21N3O2S. The van der Waals surface area contributed by atoms with Gasteiger partial charge in [-0.2, -0.15) is 16.9 Å². The molecule has 0 saturated heterocycles. The van der Waals surface area contributed by atoms with Crippen molar-refractivity contribution >= 4 is 17.9 Å². The smallest absolute Gasteiger partial charge is 0.391 e. The second-order valence-corrected chi connectivity index (χ2v) is 5.37. The Balaban J connectivity index is 2.79. The SMILES string of the molecule is CCCn1nc(CSCC)cc1OC(=O)N(C)C. The van der Waals surface area contributed by atoms with Gasteiger partial charge in [-0.25, -0.2) is 9.48 Å². The molecule has 0 aliphatic heterocycles. The lowest BCUT2D eigenvalue weighted by atomic mass is 10.5. The van der Waals surface area contributed by atoms with Crippen LogP contribution in [-0.2, 0) is 12.3 Å². The van der Waals surface area contributed by atoms with Crippen LogP contribution in [0.2, 0.25) is 0 Å². The maximum Gasteiger partial charge on any atom is 0.416 e. The van der Waals surface area contributed by atoms with Crippen molar-refractivity contribution in [1.29, 1.82) is 0 Å². The Morgan fingerprint density at radius 1 is 1.50 bits per heavy atom. The number of hydrogen-bond acceptors (Lipinski definition) is 4. The summed E-state index contributed by atoms with van der Waals surface area (Å²) >= 11 is 1.80. The predicted molar refractivity (Wildman–Crippen MR) is 74.1 cm³/mol. The summed E-state index contributed by atoms with van der Waals surface area (Å²) in [5.74, 6) is 2.43. The van der Waals surface area contributed by atoms with E-state index in [2.05, 4.69) is 18.9 Å². The predicted octanol–water partition coefficient (Wildman–Crippen LogP) is 2.61. The Hall–Kier alpha value is -1.17. The van der Waals surface area contributed by atoms with Gasteiger partial charge in [0.2, 0.25) is 5.88 Å². The number of carbonyl (C=O) groups excluding carboxylic acids is 1. The van der Waals surface area contributed by atoms with Crippen LogP contribution in [0.1, 0.15) is 26.0 Å². The second kappa shape index (κ2) is 7.31. The molecule has 0 fully saturated rings. The quantitative estimate of drug-likeness (QED) is 0.798. The molecule has 6 heteroatoms. The summed E-state index contributed by atoms with van der Waals surface area (Å²) in [6, 6.07) is 1.85. The Kier molecular flexibility index (Phi) is 6.04. The molecule has 1 heterocycles. The van der Waals surface area contributed by atoms with Gasteiger partial charge in [-0.3, -0.25) is 0 Å². The first-order valence-corrected chi connectivity index (χ1v) is 7.27.